The zero-order valence-electron chi connectivity index (χ0n) is 15.5. The second-order valence-electron chi connectivity index (χ2n) is 6.66. The monoisotopic (exact) mass is 400 g/mol. The summed E-state index contributed by atoms with van der Waals surface area (Å²) >= 11 is 0. The van der Waals surface area contributed by atoms with Crippen molar-refractivity contribution in [2.45, 2.75) is 56.1 Å². The molecule has 1 aromatic rings. The molecule has 0 spiro atoms. The first-order valence-electron chi connectivity index (χ1n) is 9.22. The van der Waals surface area contributed by atoms with E-state index in [1.807, 2.05) is 30.3 Å². The molecule has 0 amide bonds. The first-order chi connectivity index (χ1) is 13.5. The van der Waals surface area contributed by atoms with Crippen LogP contribution in [-0.2, 0) is 25.4 Å². The van der Waals surface area contributed by atoms with Crippen LogP contribution in [0, 0.1) is 0 Å². The summed E-state index contributed by atoms with van der Waals surface area (Å²) in [7, 11) is 0. The highest BCUT2D eigenvalue weighted by Gasteiger charge is 2.45. The van der Waals surface area contributed by atoms with Gasteiger partial charge < -0.3 is 39.7 Å². The van der Waals surface area contributed by atoms with E-state index in [2.05, 4.69) is 0 Å². The van der Waals surface area contributed by atoms with Crippen LogP contribution in [-0.4, -0.2) is 88.1 Å². The van der Waals surface area contributed by atoms with Crippen LogP contribution in [0.5, 0.6) is 0 Å². The van der Waals surface area contributed by atoms with Crippen molar-refractivity contribution in [3.8, 4) is 0 Å². The third-order valence-corrected chi connectivity index (χ3v) is 4.50. The maximum Gasteiger partial charge on any atom is 0.305 e. The quantitative estimate of drug-likeness (QED) is 0.303. The Labute approximate surface area is 163 Å². The molecule has 0 aliphatic carbocycles. The molecule has 9 nitrogen and oxygen atoms in total. The number of aliphatic hydroxyl groups is 5. The lowest BCUT2D eigenvalue weighted by Crippen LogP contribution is -2.60. The van der Waals surface area contributed by atoms with Crippen LogP contribution < -0.4 is 0 Å². The summed E-state index contributed by atoms with van der Waals surface area (Å²) in [6.45, 7) is -1.39. The number of hydrogen-bond donors (Lipinski definition) is 5. The predicted octanol–water partition coefficient (Wildman–Crippen LogP) is -1.27. The molecule has 9 heteroatoms. The molecule has 1 fully saturated rings. The van der Waals surface area contributed by atoms with Crippen LogP contribution in [0.4, 0.5) is 0 Å². The van der Waals surface area contributed by atoms with Gasteiger partial charge in [-0.15, -0.1) is 0 Å². The van der Waals surface area contributed by atoms with E-state index in [1.54, 1.807) is 0 Å². The third kappa shape index (κ3) is 6.49. The van der Waals surface area contributed by atoms with Gasteiger partial charge in [-0.25, -0.2) is 0 Å². The van der Waals surface area contributed by atoms with Crippen molar-refractivity contribution >= 4 is 5.97 Å². The van der Waals surface area contributed by atoms with E-state index in [9.17, 15) is 20.1 Å². The van der Waals surface area contributed by atoms with E-state index in [1.165, 1.54) is 0 Å². The maximum absolute atomic E-state index is 11.9. The number of carbonyl (C=O) groups is 1. The molecular weight excluding hydrogens is 372 g/mol. The molecule has 5 N–H and O–H groups in total. The molecule has 0 unspecified atom stereocenters. The molecule has 1 saturated heterocycles. The Bertz CT molecular complexity index is 578. The summed E-state index contributed by atoms with van der Waals surface area (Å²) in [5, 5.41) is 48.0. The number of carbonyl (C=O) groups excluding carboxylic acids is 1. The van der Waals surface area contributed by atoms with Crippen LogP contribution in [0.15, 0.2) is 30.3 Å². The van der Waals surface area contributed by atoms with E-state index in [0.29, 0.717) is 6.42 Å². The Morgan fingerprint density at radius 3 is 2.36 bits per heavy atom. The molecule has 1 aliphatic heterocycles. The fraction of sp³-hybridized carbons (Fsp3) is 0.632. The van der Waals surface area contributed by atoms with Crippen molar-refractivity contribution in [2.24, 2.45) is 0 Å². The number of esters is 1. The van der Waals surface area contributed by atoms with E-state index < -0.39 is 56.0 Å². The number of hydrogen-bond acceptors (Lipinski definition) is 9. The molecular formula is C19H28O9. The fourth-order valence-corrected chi connectivity index (χ4v) is 2.83. The van der Waals surface area contributed by atoms with Gasteiger partial charge in [0.25, 0.3) is 0 Å². The van der Waals surface area contributed by atoms with Gasteiger partial charge in [-0.3, -0.25) is 4.79 Å². The highest BCUT2D eigenvalue weighted by atomic mass is 16.7. The van der Waals surface area contributed by atoms with Crippen molar-refractivity contribution in [1.29, 1.82) is 0 Å². The Balaban J connectivity index is 1.79. The molecule has 0 saturated carbocycles. The van der Waals surface area contributed by atoms with Crippen molar-refractivity contribution in [2.75, 3.05) is 19.8 Å². The van der Waals surface area contributed by atoms with Gasteiger partial charge in [0.05, 0.1) is 13.2 Å². The lowest BCUT2D eigenvalue weighted by molar-refractivity contribution is -0.315. The van der Waals surface area contributed by atoms with Crippen LogP contribution in [0.3, 0.4) is 0 Å². The molecule has 28 heavy (non-hydrogen) atoms. The largest absolute Gasteiger partial charge is 0.463 e. The van der Waals surface area contributed by atoms with Gasteiger partial charge in [0.2, 0.25) is 0 Å². The van der Waals surface area contributed by atoms with Gasteiger partial charge >= 0.3 is 5.97 Å². The summed E-state index contributed by atoms with van der Waals surface area (Å²) in [6.07, 6.45) is -6.73. The van der Waals surface area contributed by atoms with Crippen LogP contribution in [0.1, 0.15) is 18.4 Å². The first-order valence-corrected chi connectivity index (χ1v) is 9.22. The van der Waals surface area contributed by atoms with Crippen molar-refractivity contribution in [3.05, 3.63) is 35.9 Å². The minimum atomic E-state index is -1.60. The maximum atomic E-state index is 11.9. The van der Waals surface area contributed by atoms with E-state index in [-0.39, 0.29) is 13.0 Å². The van der Waals surface area contributed by atoms with E-state index >= 15 is 0 Å². The van der Waals surface area contributed by atoms with E-state index in [4.69, 9.17) is 24.4 Å². The summed E-state index contributed by atoms with van der Waals surface area (Å²) in [6, 6.07) is 9.70. The molecule has 0 bridgehead atoms. The van der Waals surface area contributed by atoms with Crippen molar-refractivity contribution in [3.63, 3.8) is 0 Å². The Morgan fingerprint density at radius 2 is 1.71 bits per heavy atom. The summed E-state index contributed by atoms with van der Waals surface area (Å²) < 4.78 is 15.7. The smallest absolute Gasteiger partial charge is 0.305 e. The standard InChI is InChI=1S/C19H28O9/c20-9-13(10-21)27-19-18(25)17(24)16(23)14(28-19)11-26-15(22)8-4-7-12-5-2-1-3-6-12/h1-3,5-6,13-14,16-21,23-25H,4,7-11H2/t14-,16+,17+,18-,19-/m1/s1. The zero-order valence-corrected chi connectivity index (χ0v) is 15.5. The second-order valence-corrected chi connectivity index (χ2v) is 6.66. The van der Waals surface area contributed by atoms with Gasteiger partial charge in [-0.2, -0.15) is 0 Å². The number of aliphatic hydroxyl groups excluding tert-OH is 5. The Kier molecular flexibility index (Phi) is 9.26. The Hall–Kier alpha value is -1.59. The SMILES string of the molecule is O=C(CCCc1ccccc1)OC[C@H]1O[C@@H](OC(CO)CO)[C@H](O)[C@@H](O)[C@H]1O. The molecule has 5 atom stereocenters. The minimum Gasteiger partial charge on any atom is -0.463 e. The fourth-order valence-electron chi connectivity index (χ4n) is 2.83. The minimum absolute atomic E-state index is 0.180. The average molecular weight is 400 g/mol. The number of ether oxygens (including phenoxy) is 3. The zero-order chi connectivity index (χ0) is 20.5. The number of benzene rings is 1. The predicted molar refractivity (Wildman–Crippen MR) is 96.1 cm³/mol. The Morgan fingerprint density at radius 1 is 1.04 bits per heavy atom. The molecule has 158 valence electrons. The topological polar surface area (TPSA) is 146 Å². The first kappa shape index (κ1) is 22.7. The van der Waals surface area contributed by atoms with Crippen LogP contribution in [0.2, 0.25) is 0 Å². The van der Waals surface area contributed by atoms with Gasteiger partial charge in [0, 0.05) is 6.42 Å². The molecule has 1 aromatic carbocycles. The van der Waals surface area contributed by atoms with Gasteiger partial charge in [-0.05, 0) is 18.4 Å². The third-order valence-electron chi connectivity index (χ3n) is 4.50. The average Bonchev–Trinajstić information content (AvgIpc) is 2.71. The van der Waals surface area contributed by atoms with Crippen LogP contribution >= 0.6 is 0 Å². The molecule has 0 aromatic heterocycles. The second kappa shape index (κ2) is 11.4. The molecule has 1 aliphatic rings. The van der Waals surface area contributed by atoms with Gasteiger partial charge in [0.15, 0.2) is 6.29 Å². The lowest BCUT2D eigenvalue weighted by atomic mass is 9.99. The van der Waals surface area contributed by atoms with E-state index in [0.717, 1.165) is 12.0 Å². The lowest BCUT2D eigenvalue weighted by Gasteiger charge is -2.40. The van der Waals surface area contributed by atoms with Crippen LogP contribution in [0.25, 0.3) is 0 Å². The number of aryl methyl sites for hydroxylation is 1. The highest BCUT2D eigenvalue weighted by molar-refractivity contribution is 5.69. The molecule has 2 rings (SSSR count). The normalized spacial score (nSPS) is 27.7. The summed E-state index contributed by atoms with van der Waals surface area (Å²) in [5.74, 6) is -0.478. The van der Waals surface area contributed by atoms with Gasteiger partial charge in [-0.1, -0.05) is 30.3 Å². The van der Waals surface area contributed by atoms with Crippen molar-refractivity contribution in [1.82, 2.24) is 0 Å². The highest BCUT2D eigenvalue weighted by Crippen LogP contribution is 2.23. The van der Waals surface area contributed by atoms with Crippen molar-refractivity contribution < 1.29 is 44.5 Å². The summed E-state index contributed by atoms with van der Waals surface area (Å²) in [4.78, 5) is 11.9. The number of rotatable bonds is 10. The molecule has 0 radical (unpaired) electrons. The summed E-state index contributed by atoms with van der Waals surface area (Å²) in [5.41, 5.74) is 1.11. The molecule has 1 heterocycles. The van der Waals surface area contributed by atoms with Gasteiger partial charge in [0.1, 0.15) is 37.1 Å².